The number of ketones is 2. The van der Waals surface area contributed by atoms with Gasteiger partial charge in [-0.25, -0.2) is 0 Å². The second-order valence-corrected chi connectivity index (χ2v) is 10.6. The van der Waals surface area contributed by atoms with Crippen molar-refractivity contribution in [3.05, 3.63) is 53.0 Å². The third-order valence-electron chi connectivity index (χ3n) is 6.57. The molecule has 7 heteroatoms. The minimum Gasteiger partial charge on any atom is -0.290 e. The Morgan fingerprint density at radius 2 is 1.31 bits per heavy atom. The topological polar surface area (TPSA) is 77.7 Å². The summed E-state index contributed by atoms with van der Waals surface area (Å²) in [4.78, 5) is 25.7. The van der Waals surface area contributed by atoms with E-state index in [9.17, 15) is 9.59 Å². The lowest BCUT2D eigenvalue weighted by molar-refractivity contribution is -0.114. The molecule has 0 aliphatic heterocycles. The highest BCUT2D eigenvalue weighted by atomic mass is 32.2. The van der Waals surface area contributed by atoms with Gasteiger partial charge in [-0.05, 0) is 53.2 Å². The maximum atomic E-state index is 12.7. The fraction of sp³-hybridized carbons (Fsp3) is 0.552. The molecule has 194 valence electrons. The summed E-state index contributed by atoms with van der Waals surface area (Å²) in [5, 5.41) is 12.2. The third-order valence-corrected chi connectivity index (χ3v) is 7.55. The monoisotopic (exact) mass is 508 g/mol. The quantitative estimate of drug-likeness (QED) is 0.152. The number of thioether (sulfide) groups is 1. The van der Waals surface area contributed by atoms with Crippen LogP contribution in [0.15, 0.2) is 58.1 Å². The van der Waals surface area contributed by atoms with Gasteiger partial charge in [-0.3, -0.25) is 9.59 Å². The minimum absolute atomic E-state index is 0.0782. The van der Waals surface area contributed by atoms with E-state index in [1.54, 1.807) is 4.68 Å². The first kappa shape index (κ1) is 28.0. The van der Waals surface area contributed by atoms with Crippen LogP contribution in [0.4, 0.5) is 0 Å². The van der Waals surface area contributed by atoms with Gasteiger partial charge in [0.2, 0.25) is 5.16 Å². The number of para-hydroxylation sites is 1. The van der Waals surface area contributed by atoms with Crippen LogP contribution in [0.25, 0.3) is 5.69 Å². The molecule has 1 aliphatic rings. The number of carbonyl (C=O) groups is 2. The molecule has 3 rings (SSSR count). The average Bonchev–Trinajstić information content (AvgIpc) is 3.35. The largest absolute Gasteiger partial charge is 0.290 e. The van der Waals surface area contributed by atoms with E-state index in [1.807, 2.05) is 30.3 Å². The van der Waals surface area contributed by atoms with Crippen molar-refractivity contribution < 1.29 is 9.59 Å². The van der Waals surface area contributed by atoms with E-state index in [2.05, 4.69) is 22.4 Å². The van der Waals surface area contributed by atoms with E-state index in [4.69, 9.17) is 0 Å². The van der Waals surface area contributed by atoms with Gasteiger partial charge >= 0.3 is 0 Å². The zero-order valence-corrected chi connectivity index (χ0v) is 22.5. The Morgan fingerprint density at radius 3 is 1.92 bits per heavy atom. The van der Waals surface area contributed by atoms with Crippen molar-refractivity contribution in [3.8, 4) is 5.69 Å². The summed E-state index contributed by atoms with van der Waals surface area (Å²) in [6.07, 6.45) is 21.8. The van der Waals surface area contributed by atoms with Crippen LogP contribution >= 0.6 is 11.8 Å². The molecule has 0 N–H and O–H groups in total. The van der Waals surface area contributed by atoms with Crippen LogP contribution in [0.2, 0.25) is 0 Å². The van der Waals surface area contributed by atoms with Crippen LogP contribution in [0, 0.1) is 0 Å². The number of allylic oxidation sites excluding steroid dienone is 4. The number of aromatic nitrogens is 4. The predicted octanol–water partition coefficient (Wildman–Crippen LogP) is 7.59. The van der Waals surface area contributed by atoms with E-state index in [-0.39, 0.29) is 11.6 Å². The highest BCUT2D eigenvalue weighted by molar-refractivity contribution is 8.03. The molecule has 0 fully saturated rings. The molecular formula is C29H40N4O2S. The summed E-state index contributed by atoms with van der Waals surface area (Å²) < 4.78 is 1.57. The summed E-state index contributed by atoms with van der Waals surface area (Å²) in [5.74, 6) is -0.229. The average molecular weight is 509 g/mol. The van der Waals surface area contributed by atoms with Gasteiger partial charge in [0.05, 0.1) is 10.6 Å². The highest BCUT2D eigenvalue weighted by Gasteiger charge is 2.23. The van der Waals surface area contributed by atoms with E-state index in [1.165, 1.54) is 89.2 Å². The van der Waals surface area contributed by atoms with Gasteiger partial charge in [-0.15, -0.1) is 5.10 Å². The Labute approximate surface area is 220 Å². The molecule has 1 heterocycles. The van der Waals surface area contributed by atoms with Gasteiger partial charge in [0.25, 0.3) is 0 Å². The molecule has 36 heavy (non-hydrogen) atoms. The number of nitrogens with zero attached hydrogens (tertiary/aromatic N) is 4. The first-order chi connectivity index (χ1) is 17.7. The molecule has 0 saturated heterocycles. The van der Waals surface area contributed by atoms with Crippen LogP contribution in [0.3, 0.4) is 0 Å². The second-order valence-electron chi connectivity index (χ2n) is 9.56. The van der Waals surface area contributed by atoms with Crippen LogP contribution in [-0.2, 0) is 9.59 Å². The summed E-state index contributed by atoms with van der Waals surface area (Å²) in [6.45, 7) is 2.27. The molecule has 1 aliphatic carbocycles. The molecule has 2 aromatic rings. The van der Waals surface area contributed by atoms with Crippen molar-refractivity contribution in [3.63, 3.8) is 0 Å². The Balaban J connectivity index is 1.29. The zero-order chi connectivity index (χ0) is 25.4. The fourth-order valence-corrected chi connectivity index (χ4v) is 5.27. The molecular weight excluding hydrogens is 468 g/mol. The maximum absolute atomic E-state index is 12.7. The van der Waals surface area contributed by atoms with Crippen molar-refractivity contribution in [2.24, 2.45) is 0 Å². The Bertz CT molecular complexity index is 1010. The standard InChI is InChI=1S/C29H40N4O2S/c1-2-3-4-5-6-7-8-9-10-11-12-13-14-16-19-24-22-27(35)28(23-26(24)34)36-29-30-31-32-33(29)25-20-17-15-18-21-25/h15,17-18,20-23H,2-14,16,19H2,1H3. The number of tetrazole rings is 1. The number of hydrogen-bond acceptors (Lipinski definition) is 6. The molecule has 0 atom stereocenters. The minimum atomic E-state index is -0.150. The number of hydrogen-bond donors (Lipinski definition) is 0. The van der Waals surface area contributed by atoms with Gasteiger partial charge in [0.15, 0.2) is 11.6 Å². The summed E-state index contributed by atoms with van der Waals surface area (Å²) in [7, 11) is 0. The molecule has 0 bridgehead atoms. The highest BCUT2D eigenvalue weighted by Crippen LogP contribution is 2.30. The van der Waals surface area contributed by atoms with Crippen molar-refractivity contribution in [1.82, 2.24) is 20.2 Å². The molecule has 0 radical (unpaired) electrons. The van der Waals surface area contributed by atoms with Crippen molar-refractivity contribution in [2.45, 2.75) is 108 Å². The van der Waals surface area contributed by atoms with Gasteiger partial charge in [0.1, 0.15) is 0 Å². The molecule has 1 aromatic heterocycles. The van der Waals surface area contributed by atoms with E-state index in [0.29, 0.717) is 22.1 Å². The van der Waals surface area contributed by atoms with Gasteiger partial charge in [-0.1, -0.05) is 109 Å². The molecule has 0 spiro atoms. The molecule has 6 nitrogen and oxygen atoms in total. The normalized spacial score (nSPS) is 13.7. The fourth-order valence-electron chi connectivity index (χ4n) is 4.44. The summed E-state index contributed by atoms with van der Waals surface area (Å²) >= 11 is 1.13. The second kappa shape index (κ2) is 16.3. The smallest absolute Gasteiger partial charge is 0.219 e. The molecule has 0 saturated carbocycles. The van der Waals surface area contributed by atoms with E-state index in [0.717, 1.165) is 30.3 Å². The van der Waals surface area contributed by atoms with Gasteiger partial charge in [0, 0.05) is 11.6 Å². The number of benzene rings is 1. The summed E-state index contributed by atoms with van der Waals surface area (Å²) in [5.41, 5.74) is 1.42. The Hall–Kier alpha value is -2.54. The number of rotatable bonds is 18. The van der Waals surface area contributed by atoms with Crippen LogP contribution in [0.5, 0.6) is 0 Å². The summed E-state index contributed by atoms with van der Waals surface area (Å²) in [6, 6.07) is 9.48. The zero-order valence-electron chi connectivity index (χ0n) is 21.7. The first-order valence-electron chi connectivity index (χ1n) is 13.7. The lowest BCUT2D eigenvalue weighted by atomic mass is 9.97. The first-order valence-corrected chi connectivity index (χ1v) is 14.5. The maximum Gasteiger partial charge on any atom is 0.219 e. The predicted molar refractivity (Wildman–Crippen MR) is 146 cm³/mol. The van der Waals surface area contributed by atoms with Crippen LogP contribution in [-0.4, -0.2) is 31.8 Å². The van der Waals surface area contributed by atoms with Crippen LogP contribution in [0.1, 0.15) is 103 Å². The van der Waals surface area contributed by atoms with E-state index >= 15 is 0 Å². The number of carbonyl (C=O) groups excluding carboxylic acids is 2. The number of unbranched alkanes of at least 4 members (excludes halogenated alkanes) is 13. The van der Waals surface area contributed by atoms with E-state index < -0.39 is 0 Å². The lowest BCUT2D eigenvalue weighted by Crippen LogP contribution is -2.12. The van der Waals surface area contributed by atoms with Crippen molar-refractivity contribution in [2.75, 3.05) is 0 Å². The molecule has 1 aromatic carbocycles. The van der Waals surface area contributed by atoms with Crippen LogP contribution < -0.4 is 0 Å². The molecule has 0 unspecified atom stereocenters. The van der Waals surface area contributed by atoms with Crippen molar-refractivity contribution >= 4 is 23.3 Å². The SMILES string of the molecule is CCCCCCCCCCCCCCCCC1=CC(=O)C(Sc2nnnn2-c2ccccc2)=CC1=O. The molecule has 0 amide bonds. The van der Waals surface area contributed by atoms with Gasteiger partial charge < -0.3 is 0 Å². The lowest BCUT2D eigenvalue weighted by Gasteiger charge is -2.12. The van der Waals surface area contributed by atoms with Crippen molar-refractivity contribution in [1.29, 1.82) is 0 Å². The third kappa shape index (κ3) is 9.49. The Kier molecular flexibility index (Phi) is 12.7. The Morgan fingerprint density at radius 1 is 0.722 bits per heavy atom. The van der Waals surface area contributed by atoms with Gasteiger partial charge in [-0.2, -0.15) is 4.68 Å².